The van der Waals surface area contributed by atoms with Crippen LogP contribution in [-0.4, -0.2) is 14.3 Å². The summed E-state index contributed by atoms with van der Waals surface area (Å²) in [5, 5.41) is 9.05. The first kappa shape index (κ1) is 13.6. The maximum atomic E-state index is 6.40. The molecule has 22 heavy (non-hydrogen) atoms. The van der Waals surface area contributed by atoms with Crippen molar-refractivity contribution in [1.82, 2.24) is 19.7 Å². The predicted octanol–water partition coefficient (Wildman–Crippen LogP) is 3.54. The standard InChI is InChI=1S/C17H17ClN4/c1-2-21-10-8-14(20-21)17-16-7-4-9-22(16)15-6-3-5-13(18)12(15)11-19-17/h3-10,17,19H,2,11H2,1H3. The fourth-order valence-electron chi connectivity index (χ4n) is 3.07. The molecule has 5 heteroatoms. The van der Waals surface area contributed by atoms with Crippen LogP contribution in [0.15, 0.2) is 48.8 Å². The third-order valence-electron chi connectivity index (χ3n) is 4.19. The molecule has 0 fully saturated rings. The van der Waals surface area contributed by atoms with Crippen LogP contribution in [0.2, 0.25) is 5.02 Å². The molecule has 0 aliphatic carbocycles. The lowest BCUT2D eigenvalue weighted by atomic mass is 10.1. The molecule has 0 radical (unpaired) electrons. The number of fused-ring (bicyclic) bond motifs is 3. The molecule has 1 aliphatic heterocycles. The van der Waals surface area contributed by atoms with Gasteiger partial charge in [0.25, 0.3) is 0 Å². The first-order chi connectivity index (χ1) is 10.8. The summed E-state index contributed by atoms with van der Waals surface area (Å²) < 4.78 is 4.16. The van der Waals surface area contributed by atoms with Crippen LogP contribution in [-0.2, 0) is 13.1 Å². The van der Waals surface area contributed by atoms with Gasteiger partial charge in [-0.05, 0) is 37.3 Å². The summed E-state index contributed by atoms with van der Waals surface area (Å²) in [6.45, 7) is 3.69. The SMILES string of the molecule is CCn1ccc(C2NCc3c(Cl)cccc3-n3cccc32)n1. The Morgan fingerprint density at radius 1 is 1.23 bits per heavy atom. The topological polar surface area (TPSA) is 34.8 Å². The van der Waals surface area contributed by atoms with Gasteiger partial charge in [-0.25, -0.2) is 0 Å². The van der Waals surface area contributed by atoms with Gasteiger partial charge in [0.15, 0.2) is 0 Å². The van der Waals surface area contributed by atoms with Crippen molar-refractivity contribution in [3.05, 3.63) is 70.8 Å². The summed E-state index contributed by atoms with van der Waals surface area (Å²) in [6.07, 6.45) is 4.11. The minimum atomic E-state index is 0.0614. The molecule has 4 rings (SSSR count). The number of rotatable bonds is 2. The highest BCUT2D eigenvalue weighted by Crippen LogP contribution is 2.32. The lowest BCUT2D eigenvalue weighted by Crippen LogP contribution is -2.22. The largest absolute Gasteiger partial charge is 0.319 e. The number of aryl methyl sites for hydroxylation is 1. The minimum absolute atomic E-state index is 0.0614. The van der Waals surface area contributed by atoms with Crippen LogP contribution in [0.1, 0.15) is 29.9 Å². The maximum absolute atomic E-state index is 6.40. The molecular weight excluding hydrogens is 296 g/mol. The highest BCUT2D eigenvalue weighted by Gasteiger charge is 2.25. The molecule has 1 atom stereocenters. The Balaban J connectivity index is 1.85. The smallest absolute Gasteiger partial charge is 0.0929 e. The predicted molar refractivity (Wildman–Crippen MR) is 87.4 cm³/mol. The van der Waals surface area contributed by atoms with Crippen molar-refractivity contribution in [2.24, 2.45) is 0 Å². The Morgan fingerprint density at radius 2 is 2.14 bits per heavy atom. The normalized spacial score (nSPS) is 16.9. The lowest BCUT2D eigenvalue weighted by Gasteiger charge is -2.15. The lowest BCUT2D eigenvalue weighted by molar-refractivity contribution is 0.563. The van der Waals surface area contributed by atoms with Crippen LogP contribution in [0, 0.1) is 0 Å². The minimum Gasteiger partial charge on any atom is -0.319 e. The molecule has 1 aliphatic rings. The van der Waals surface area contributed by atoms with E-state index < -0.39 is 0 Å². The zero-order valence-corrected chi connectivity index (χ0v) is 13.1. The average Bonchev–Trinajstić information content (AvgIpc) is 3.16. The summed E-state index contributed by atoms with van der Waals surface area (Å²) in [4.78, 5) is 0. The molecule has 0 bridgehead atoms. The van der Waals surface area contributed by atoms with Gasteiger partial charge in [-0.15, -0.1) is 0 Å². The summed E-state index contributed by atoms with van der Waals surface area (Å²) >= 11 is 6.40. The molecule has 0 spiro atoms. The van der Waals surface area contributed by atoms with Crippen molar-refractivity contribution in [3.8, 4) is 5.69 Å². The summed E-state index contributed by atoms with van der Waals surface area (Å²) in [5.41, 5.74) is 4.48. The number of nitrogens with zero attached hydrogens (tertiary/aromatic N) is 3. The Hall–Kier alpha value is -2.04. The first-order valence-electron chi connectivity index (χ1n) is 7.49. The van der Waals surface area contributed by atoms with E-state index in [1.807, 2.05) is 23.0 Å². The van der Waals surface area contributed by atoms with Crippen LogP contribution in [0.4, 0.5) is 0 Å². The quantitative estimate of drug-likeness (QED) is 0.785. The van der Waals surface area contributed by atoms with Crippen molar-refractivity contribution >= 4 is 11.6 Å². The number of hydrogen-bond acceptors (Lipinski definition) is 2. The van der Waals surface area contributed by atoms with Crippen molar-refractivity contribution in [2.75, 3.05) is 0 Å². The van der Waals surface area contributed by atoms with Gasteiger partial charge in [0, 0.05) is 41.8 Å². The third-order valence-corrected chi connectivity index (χ3v) is 4.55. The van der Waals surface area contributed by atoms with E-state index in [0.717, 1.165) is 35.1 Å². The monoisotopic (exact) mass is 312 g/mol. The first-order valence-corrected chi connectivity index (χ1v) is 7.87. The third kappa shape index (κ3) is 2.07. The van der Waals surface area contributed by atoms with Gasteiger partial charge >= 0.3 is 0 Å². The van der Waals surface area contributed by atoms with E-state index in [9.17, 15) is 0 Å². The van der Waals surface area contributed by atoms with E-state index in [0.29, 0.717) is 0 Å². The molecule has 3 heterocycles. The van der Waals surface area contributed by atoms with Crippen LogP contribution in [0.5, 0.6) is 0 Å². The van der Waals surface area contributed by atoms with Crippen LogP contribution >= 0.6 is 11.6 Å². The second kappa shape index (κ2) is 5.30. The fourth-order valence-corrected chi connectivity index (χ4v) is 3.31. The highest BCUT2D eigenvalue weighted by molar-refractivity contribution is 6.31. The van der Waals surface area contributed by atoms with E-state index in [1.54, 1.807) is 0 Å². The van der Waals surface area contributed by atoms with Crippen LogP contribution in [0.3, 0.4) is 0 Å². The van der Waals surface area contributed by atoms with Gasteiger partial charge in [0.1, 0.15) is 0 Å². The summed E-state index contributed by atoms with van der Waals surface area (Å²) in [5.74, 6) is 0. The second-order valence-corrected chi connectivity index (χ2v) is 5.86. The Bertz CT molecular complexity index is 818. The molecule has 112 valence electrons. The van der Waals surface area contributed by atoms with Crippen LogP contribution < -0.4 is 5.32 Å². The Morgan fingerprint density at radius 3 is 2.95 bits per heavy atom. The van der Waals surface area contributed by atoms with E-state index in [-0.39, 0.29) is 6.04 Å². The van der Waals surface area contributed by atoms with E-state index >= 15 is 0 Å². The number of halogens is 1. The molecule has 1 aromatic carbocycles. The van der Waals surface area contributed by atoms with Crippen molar-refractivity contribution < 1.29 is 0 Å². The van der Waals surface area contributed by atoms with E-state index in [4.69, 9.17) is 11.6 Å². The molecule has 3 aromatic rings. The molecule has 1 N–H and O–H groups in total. The van der Waals surface area contributed by atoms with Gasteiger partial charge in [0.2, 0.25) is 0 Å². The van der Waals surface area contributed by atoms with Crippen molar-refractivity contribution in [3.63, 3.8) is 0 Å². The Labute approximate surface area is 134 Å². The van der Waals surface area contributed by atoms with Crippen molar-refractivity contribution in [1.29, 1.82) is 0 Å². The van der Waals surface area contributed by atoms with Gasteiger partial charge in [0.05, 0.1) is 17.4 Å². The Kier molecular flexibility index (Phi) is 3.28. The molecule has 1 unspecified atom stereocenters. The number of hydrogen-bond donors (Lipinski definition) is 1. The number of nitrogens with one attached hydrogen (secondary N) is 1. The zero-order valence-electron chi connectivity index (χ0n) is 12.3. The number of benzene rings is 1. The molecule has 4 nitrogen and oxygen atoms in total. The molecule has 0 amide bonds. The molecule has 0 saturated carbocycles. The van der Waals surface area contributed by atoms with E-state index in [2.05, 4.69) is 52.4 Å². The van der Waals surface area contributed by atoms with Gasteiger partial charge < -0.3 is 4.57 Å². The van der Waals surface area contributed by atoms with E-state index in [1.165, 1.54) is 5.69 Å². The average molecular weight is 313 g/mol. The number of aromatic nitrogens is 3. The molecule has 2 aromatic heterocycles. The van der Waals surface area contributed by atoms with Crippen LogP contribution in [0.25, 0.3) is 5.69 Å². The highest BCUT2D eigenvalue weighted by atomic mass is 35.5. The fraction of sp³-hybridized carbons (Fsp3) is 0.235. The van der Waals surface area contributed by atoms with Gasteiger partial charge in [-0.3, -0.25) is 10.00 Å². The maximum Gasteiger partial charge on any atom is 0.0929 e. The molecule has 0 saturated heterocycles. The van der Waals surface area contributed by atoms with Gasteiger partial charge in [-0.2, -0.15) is 5.10 Å². The molecular formula is C17H17ClN4. The summed E-state index contributed by atoms with van der Waals surface area (Å²) in [7, 11) is 0. The van der Waals surface area contributed by atoms with Crippen molar-refractivity contribution in [2.45, 2.75) is 26.1 Å². The summed E-state index contributed by atoms with van der Waals surface area (Å²) in [6, 6.07) is 12.4. The second-order valence-electron chi connectivity index (χ2n) is 5.45. The zero-order chi connectivity index (χ0) is 15.1. The van der Waals surface area contributed by atoms with Gasteiger partial charge in [-0.1, -0.05) is 17.7 Å².